The molecule has 0 aliphatic carbocycles. The van der Waals surface area contributed by atoms with Crippen molar-refractivity contribution in [2.45, 2.75) is 63.5 Å². The summed E-state index contributed by atoms with van der Waals surface area (Å²) in [4.78, 5) is 78.7. The Bertz CT molecular complexity index is 1780. The van der Waals surface area contributed by atoms with Crippen LogP contribution in [0.3, 0.4) is 0 Å². The van der Waals surface area contributed by atoms with Crippen molar-refractivity contribution in [3.8, 4) is 0 Å². The SMILES string of the molecule is CN(c1cc(C=C2SC(=O)NC2=O)nc(N2CCCC(C3CCCN(c4cc(C=C5SC(=O)NC5=O)nc(N(C)C5CCCNC5)n4)C3)C2)n1)C1CCCNC1. The minimum Gasteiger partial charge on any atom is -0.356 e. The van der Waals surface area contributed by atoms with Gasteiger partial charge in [0.1, 0.15) is 11.6 Å². The second-order valence-electron chi connectivity index (χ2n) is 15.5. The van der Waals surface area contributed by atoms with Crippen molar-refractivity contribution < 1.29 is 19.2 Å². The first-order valence-corrected chi connectivity index (χ1v) is 21.4. The zero-order valence-electron chi connectivity index (χ0n) is 32.0. The van der Waals surface area contributed by atoms with E-state index < -0.39 is 11.8 Å². The number of piperidine rings is 4. The Morgan fingerprint density at radius 2 is 1.25 bits per heavy atom. The van der Waals surface area contributed by atoms with Gasteiger partial charge in [0.2, 0.25) is 11.9 Å². The average molecular weight is 803 g/mol. The molecule has 56 heavy (non-hydrogen) atoms. The second kappa shape index (κ2) is 17.1. The molecular formula is C38H50N12O4S2. The molecule has 0 spiro atoms. The molecule has 0 saturated carbocycles. The Labute approximate surface area is 335 Å². The molecule has 6 fully saturated rings. The van der Waals surface area contributed by atoms with Crippen molar-refractivity contribution in [1.29, 1.82) is 0 Å². The molecule has 8 heterocycles. The van der Waals surface area contributed by atoms with E-state index in [4.69, 9.17) is 19.9 Å². The first kappa shape index (κ1) is 38.6. The number of aromatic nitrogens is 4. The lowest BCUT2D eigenvalue weighted by atomic mass is 9.80. The molecule has 16 nitrogen and oxygen atoms in total. The highest BCUT2D eigenvalue weighted by Crippen LogP contribution is 2.36. The van der Waals surface area contributed by atoms with Gasteiger partial charge in [-0.1, -0.05) is 0 Å². The second-order valence-corrected chi connectivity index (χ2v) is 17.6. The van der Waals surface area contributed by atoms with E-state index in [1.165, 1.54) is 0 Å². The van der Waals surface area contributed by atoms with Crippen LogP contribution in [0.25, 0.3) is 12.2 Å². The van der Waals surface area contributed by atoms with Crippen LogP contribution >= 0.6 is 23.5 Å². The predicted octanol–water partition coefficient (Wildman–Crippen LogP) is 3.42. The van der Waals surface area contributed by atoms with Gasteiger partial charge in [-0.2, -0.15) is 9.97 Å². The summed E-state index contributed by atoms with van der Waals surface area (Å²) in [6.45, 7) is 7.08. The van der Waals surface area contributed by atoms with E-state index in [1.807, 2.05) is 19.2 Å². The van der Waals surface area contributed by atoms with Crippen LogP contribution in [0.1, 0.15) is 62.8 Å². The molecule has 0 aromatic carbocycles. The summed E-state index contributed by atoms with van der Waals surface area (Å²) in [5, 5.41) is 10.9. The molecule has 0 bridgehead atoms. The third-order valence-corrected chi connectivity index (χ3v) is 13.4. The van der Waals surface area contributed by atoms with Gasteiger partial charge in [-0.05, 0) is 112 Å². The van der Waals surface area contributed by atoms with Gasteiger partial charge in [-0.25, -0.2) is 9.97 Å². The van der Waals surface area contributed by atoms with Crippen LogP contribution in [0.4, 0.5) is 33.1 Å². The number of imide groups is 2. The number of hydrogen-bond donors (Lipinski definition) is 4. The van der Waals surface area contributed by atoms with Gasteiger partial charge in [0, 0.05) is 77.6 Å². The lowest BCUT2D eigenvalue weighted by Crippen LogP contribution is -2.46. The average Bonchev–Trinajstić information content (AvgIpc) is 3.73. The maximum atomic E-state index is 12.5. The highest BCUT2D eigenvalue weighted by molar-refractivity contribution is 8.18. The van der Waals surface area contributed by atoms with Crippen LogP contribution in [0.5, 0.6) is 0 Å². The molecule has 4 unspecified atom stereocenters. The smallest absolute Gasteiger partial charge is 0.290 e. The fourth-order valence-electron chi connectivity index (χ4n) is 8.64. The van der Waals surface area contributed by atoms with Crippen molar-refractivity contribution >= 4 is 81.5 Å². The number of anilines is 4. The molecule has 6 aliphatic heterocycles. The minimum atomic E-state index is -0.402. The molecule has 8 rings (SSSR count). The maximum Gasteiger partial charge on any atom is 0.290 e. The van der Waals surface area contributed by atoms with Gasteiger partial charge in [-0.15, -0.1) is 0 Å². The Balaban J connectivity index is 1.04. The molecule has 4 amide bonds. The maximum absolute atomic E-state index is 12.5. The Morgan fingerprint density at radius 3 is 1.82 bits per heavy atom. The molecule has 4 N–H and O–H groups in total. The van der Waals surface area contributed by atoms with Crippen LogP contribution in [0, 0.1) is 11.8 Å². The molecule has 18 heteroatoms. The van der Waals surface area contributed by atoms with Crippen molar-refractivity contribution in [2.24, 2.45) is 11.8 Å². The third-order valence-electron chi connectivity index (χ3n) is 11.8. The third kappa shape index (κ3) is 8.82. The lowest BCUT2D eigenvalue weighted by molar-refractivity contribution is -0.116. The quantitative estimate of drug-likeness (QED) is 0.271. The van der Waals surface area contributed by atoms with Crippen molar-refractivity contribution in [2.75, 3.05) is 86.1 Å². The fourth-order valence-corrected chi connectivity index (χ4v) is 9.97. The molecule has 0 radical (unpaired) electrons. The van der Waals surface area contributed by atoms with E-state index in [0.29, 0.717) is 44.9 Å². The van der Waals surface area contributed by atoms with Gasteiger partial charge in [0.25, 0.3) is 22.3 Å². The fraction of sp³-hybridized carbons (Fsp3) is 0.579. The Kier molecular flexibility index (Phi) is 11.8. The molecule has 2 aromatic rings. The number of thioether (sulfide) groups is 2. The number of amides is 4. The Morgan fingerprint density at radius 1 is 0.679 bits per heavy atom. The highest BCUT2D eigenvalue weighted by atomic mass is 32.2. The van der Waals surface area contributed by atoms with E-state index in [-0.39, 0.29) is 22.6 Å². The van der Waals surface area contributed by atoms with E-state index >= 15 is 0 Å². The van der Waals surface area contributed by atoms with E-state index in [9.17, 15) is 19.2 Å². The molecular weight excluding hydrogens is 753 g/mol. The molecule has 298 valence electrons. The largest absolute Gasteiger partial charge is 0.356 e. The van der Waals surface area contributed by atoms with Crippen LogP contribution in [-0.2, 0) is 9.59 Å². The topological polar surface area (TPSA) is 181 Å². The summed E-state index contributed by atoms with van der Waals surface area (Å²) < 4.78 is 0. The van der Waals surface area contributed by atoms with Gasteiger partial charge in [0.05, 0.1) is 21.2 Å². The standard InChI is InChI=1S/C38H50N12O4S2/c1-47(27-9-3-11-39-19-27)31-17-25(15-29-33(51)45-37(53)55-29)42-36(43-31)50-14-6-8-24(22-50)23-7-5-13-49(21-23)32-18-26(16-30-34(52)46-38(54)56-30)41-35(44-32)48(2)28-10-4-12-40-20-28/h15-18,23-24,27-28,39-40H,3-14,19-22H2,1-2H3,(H,45,51,53)(H,46,52,54). The summed E-state index contributed by atoms with van der Waals surface area (Å²) in [5.41, 5.74) is 1.21. The van der Waals surface area contributed by atoms with Crippen molar-refractivity contribution in [3.05, 3.63) is 33.3 Å². The van der Waals surface area contributed by atoms with Crippen molar-refractivity contribution in [3.63, 3.8) is 0 Å². The van der Waals surface area contributed by atoms with Gasteiger partial charge >= 0.3 is 0 Å². The molecule has 4 atom stereocenters. The van der Waals surface area contributed by atoms with Gasteiger partial charge < -0.3 is 30.2 Å². The van der Waals surface area contributed by atoms with Gasteiger partial charge in [-0.3, -0.25) is 29.8 Å². The van der Waals surface area contributed by atoms with Crippen LogP contribution in [0.15, 0.2) is 21.9 Å². The summed E-state index contributed by atoms with van der Waals surface area (Å²) in [6, 6.07) is 4.40. The summed E-state index contributed by atoms with van der Waals surface area (Å²) in [7, 11) is 4.11. The minimum absolute atomic E-state index is 0.251. The number of carbonyl (C=O) groups is 4. The molecule has 2 aromatic heterocycles. The van der Waals surface area contributed by atoms with Crippen LogP contribution < -0.4 is 40.9 Å². The lowest BCUT2D eigenvalue weighted by Gasteiger charge is -2.42. The number of hydrogen-bond acceptors (Lipinski definition) is 16. The highest BCUT2D eigenvalue weighted by Gasteiger charge is 2.34. The van der Waals surface area contributed by atoms with Crippen molar-refractivity contribution in [1.82, 2.24) is 41.2 Å². The zero-order chi connectivity index (χ0) is 38.8. The van der Waals surface area contributed by atoms with Gasteiger partial charge in [0.15, 0.2) is 0 Å². The van der Waals surface area contributed by atoms with Crippen LogP contribution in [0.2, 0.25) is 0 Å². The van der Waals surface area contributed by atoms with E-state index in [2.05, 4.69) is 47.9 Å². The number of nitrogens with zero attached hydrogens (tertiary/aromatic N) is 8. The predicted molar refractivity (Wildman–Crippen MR) is 221 cm³/mol. The first-order chi connectivity index (χ1) is 27.2. The number of rotatable bonds is 9. The normalized spacial score (nSPS) is 27.5. The number of likely N-dealkylation sites (N-methyl/N-ethyl adjacent to an activating group) is 2. The van der Waals surface area contributed by atoms with Crippen LogP contribution in [-0.4, -0.2) is 121 Å². The molecule has 6 aliphatic rings. The van der Waals surface area contributed by atoms with E-state index in [1.54, 1.807) is 12.2 Å². The number of nitrogens with one attached hydrogen (secondary N) is 4. The molecule has 6 saturated heterocycles. The van der Waals surface area contributed by atoms with E-state index in [0.717, 1.165) is 139 Å². The monoisotopic (exact) mass is 802 g/mol. The summed E-state index contributed by atoms with van der Waals surface area (Å²) in [6.07, 6.45) is 11.9. The summed E-state index contributed by atoms with van der Waals surface area (Å²) in [5.74, 6) is 2.88. The summed E-state index contributed by atoms with van der Waals surface area (Å²) >= 11 is 1.79. The zero-order valence-corrected chi connectivity index (χ0v) is 33.6. The Hall–Kier alpha value is -4.26. The number of carbonyl (C=O) groups excluding carboxylic acids is 4. The first-order valence-electron chi connectivity index (χ1n) is 19.8.